The summed E-state index contributed by atoms with van der Waals surface area (Å²) in [4.78, 5) is 11.9. The van der Waals surface area contributed by atoms with Gasteiger partial charge in [0.05, 0.1) is 5.56 Å². The van der Waals surface area contributed by atoms with Crippen molar-refractivity contribution in [3.05, 3.63) is 89.5 Å². The van der Waals surface area contributed by atoms with Crippen LogP contribution in [0.15, 0.2) is 72.8 Å². The highest BCUT2D eigenvalue weighted by Crippen LogP contribution is 2.62. The van der Waals surface area contributed by atoms with E-state index in [4.69, 9.17) is 4.74 Å². The number of aromatic carboxylic acids is 1. The van der Waals surface area contributed by atoms with E-state index in [-0.39, 0.29) is 5.41 Å². The molecule has 0 aliphatic heterocycles. The lowest BCUT2D eigenvalue weighted by Crippen LogP contribution is -2.48. The number of ether oxygens (including phenoxy) is 1. The Morgan fingerprint density at radius 3 is 2.15 bits per heavy atom. The van der Waals surface area contributed by atoms with Crippen LogP contribution in [0.1, 0.15) is 60.0 Å². The van der Waals surface area contributed by atoms with Gasteiger partial charge in [0.2, 0.25) is 0 Å². The molecule has 4 fully saturated rings. The van der Waals surface area contributed by atoms with Crippen molar-refractivity contribution in [3.8, 4) is 16.9 Å². The van der Waals surface area contributed by atoms with Gasteiger partial charge in [-0.25, -0.2) is 4.79 Å². The van der Waals surface area contributed by atoms with Gasteiger partial charge in [0.1, 0.15) is 12.4 Å². The lowest BCUT2D eigenvalue weighted by atomic mass is 9.48. The second-order valence-electron chi connectivity index (χ2n) is 10.5. The average Bonchev–Trinajstić information content (AvgIpc) is 2.82. The van der Waals surface area contributed by atoms with Crippen LogP contribution in [0, 0.1) is 17.8 Å². The highest BCUT2D eigenvalue weighted by molar-refractivity contribution is 5.96. The monoisotopic (exact) mass is 438 g/mol. The van der Waals surface area contributed by atoms with Crippen LogP contribution in [-0.4, -0.2) is 11.1 Å². The predicted molar refractivity (Wildman–Crippen MR) is 129 cm³/mol. The van der Waals surface area contributed by atoms with Crippen LogP contribution in [0.25, 0.3) is 11.1 Å². The van der Waals surface area contributed by atoms with Crippen LogP contribution in [0.2, 0.25) is 0 Å². The third kappa shape index (κ3) is 3.74. The number of carboxylic acid groups (broad SMARTS) is 1. The molecule has 3 aromatic carbocycles. The van der Waals surface area contributed by atoms with Crippen molar-refractivity contribution in [2.24, 2.45) is 17.8 Å². The molecule has 1 N–H and O–H groups in total. The first-order chi connectivity index (χ1) is 16.1. The standard InChI is InChI=1S/C30H30O3/c31-29(32)26-9-5-4-8-25(26)24-10-11-28(33-19-20-6-2-1-3-7-20)27(15-24)30-16-21-12-22(17-30)14-23(13-21)18-30/h1-11,15,21-23H,12-14,16-19H2,(H,31,32). The molecule has 3 aromatic rings. The molecule has 0 spiro atoms. The lowest BCUT2D eigenvalue weighted by molar-refractivity contribution is -0.00645. The molecule has 33 heavy (non-hydrogen) atoms. The van der Waals surface area contributed by atoms with Crippen LogP contribution in [0.3, 0.4) is 0 Å². The van der Waals surface area contributed by atoms with Crippen LogP contribution < -0.4 is 4.74 Å². The molecule has 4 saturated carbocycles. The first-order valence-corrected chi connectivity index (χ1v) is 12.2. The quantitative estimate of drug-likeness (QED) is 0.446. The van der Waals surface area contributed by atoms with Crippen LogP contribution in [0.5, 0.6) is 5.75 Å². The molecular formula is C30H30O3. The normalized spacial score (nSPS) is 27.5. The molecule has 0 aromatic heterocycles. The summed E-state index contributed by atoms with van der Waals surface area (Å²) < 4.78 is 6.46. The minimum absolute atomic E-state index is 0.162. The summed E-state index contributed by atoms with van der Waals surface area (Å²) in [6.07, 6.45) is 7.89. The van der Waals surface area contributed by atoms with E-state index in [9.17, 15) is 9.90 Å². The Balaban J connectivity index is 1.43. The first-order valence-electron chi connectivity index (χ1n) is 12.2. The Morgan fingerprint density at radius 1 is 0.848 bits per heavy atom. The molecule has 3 nitrogen and oxygen atoms in total. The maximum Gasteiger partial charge on any atom is 0.336 e. The van der Waals surface area contributed by atoms with Crippen molar-refractivity contribution in [2.45, 2.75) is 50.5 Å². The number of rotatable bonds is 6. The summed E-state index contributed by atoms with van der Waals surface area (Å²) in [7, 11) is 0. The van der Waals surface area contributed by atoms with Gasteiger partial charge in [-0.3, -0.25) is 0 Å². The van der Waals surface area contributed by atoms with Crippen molar-refractivity contribution in [3.63, 3.8) is 0 Å². The fourth-order valence-corrected chi connectivity index (χ4v) is 7.33. The lowest BCUT2D eigenvalue weighted by Gasteiger charge is -2.57. The second kappa shape index (κ2) is 8.06. The molecule has 0 atom stereocenters. The third-order valence-corrected chi connectivity index (χ3v) is 8.29. The van der Waals surface area contributed by atoms with Crippen molar-refractivity contribution in [1.29, 1.82) is 0 Å². The molecule has 0 unspecified atom stereocenters. The van der Waals surface area contributed by atoms with Crippen LogP contribution in [0.4, 0.5) is 0 Å². The fraction of sp³-hybridized carbons (Fsp3) is 0.367. The number of carboxylic acids is 1. The molecule has 7 rings (SSSR count). The zero-order valence-electron chi connectivity index (χ0n) is 18.9. The van der Waals surface area contributed by atoms with Gasteiger partial charge >= 0.3 is 5.97 Å². The number of benzene rings is 3. The summed E-state index contributed by atoms with van der Waals surface area (Å²) in [6.45, 7) is 0.547. The van der Waals surface area contributed by atoms with E-state index in [1.165, 1.54) is 44.1 Å². The van der Waals surface area contributed by atoms with Gasteiger partial charge in [-0.05, 0) is 96.6 Å². The Labute approximate surface area is 195 Å². The Bertz CT molecular complexity index is 1140. The summed E-state index contributed by atoms with van der Waals surface area (Å²) >= 11 is 0. The smallest absolute Gasteiger partial charge is 0.336 e. The summed E-state index contributed by atoms with van der Waals surface area (Å²) in [6, 6.07) is 24.0. The average molecular weight is 439 g/mol. The molecule has 3 heteroatoms. The molecule has 0 saturated heterocycles. The zero-order chi connectivity index (χ0) is 22.4. The maximum absolute atomic E-state index is 11.9. The van der Waals surface area contributed by atoms with Gasteiger partial charge in [0, 0.05) is 5.56 Å². The number of hydrogen-bond donors (Lipinski definition) is 1. The summed E-state index contributed by atoms with van der Waals surface area (Å²) in [5, 5.41) is 9.77. The third-order valence-electron chi connectivity index (χ3n) is 8.29. The van der Waals surface area contributed by atoms with Crippen molar-refractivity contribution >= 4 is 5.97 Å². The van der Waals surface area contributed by atoms with Gasteiger partial charge in [-0.15, -0.1) is 0 Å². The van der Waals surface area contributed by atoms with Crippen molar-refractivity contribution < 1.29 is 14.6 Å². The van der Waals surface area contributed by atoms with E-state index in [2.05, 4.69) is 24.3 Å². The zero-order valence-corrected chi connectivity index (χ0v) is 18.9. The number of hydrogen-bond acceptors (Lipinski definition) is 2. The van der Waals surface area contributed by atoms with Crippen LogP contribution >= 0.6 is 0 Å². The molecule has 0 radical (unpaired) electrons. The Hall–Kier alpha value is -3.07. The van der Waals surface area contributed by atoms with Crippen LogP contribution in [-0.2, 0) is 12.0 Å². The largest absolute Gasteiger partial charge is 0.489 e. The van der Waals surface area contributed by atoms with E-state index in [1.54, 1.807) is 12.1 Å². The SMILES string of the molecule is O=C(O)c1ccccc1-c1ccc(OCc2ccccc2)c(C23CC4CC(CC(C4)C2)C3)c1. The van der Waals surface area contributed by atoms with Gasteiger partial charge in [0.15, 0.2) is 0 Å². The highest BCUT2D eigenvalue weighted by Gasteiger charge is 2.52. The molecule has 168 valence electrons. The predicted octanol–water partition coefficient (Wildman–Crippen LogP) is 7.10. The molecule has 4 aliphatic carbocycles. The van der Waals surface area contributed by atoms with Crippen molar-refractivity contribution in [1.82, 2.24) is 0 Å². The molecule has 0 heterocycles. The van der Waals surface area contributed by atoms with Gasteiger partial charge in [-0.2, -0.15) is 0 Å². The topological polar surface area (TPSA) is 46.5 Å². The second-order valence-corrected chi connectivity index (χ2v) is 10.5. The van der Waals surface area contributed by atoms with E-state index >= 15 is 0 Å². The van der Waals surface area contributed by atoms with E-state index < -0.39 is 5.97 Å². The minimum Gasteiger partial charge on any atom is -0.489 e. The van der Waals surface area contributed by atoms with E-state index in [0.29, 0.717) is 12.2 Å². The molecule has 4 bridgehead atoms. The van der Waals surface area contributed by atoms with E-state index in [0.717, 1.165) is 40.2 Å². The number of carbonyl (C=O) groups is 1. The molecular weight excluding hydrogens is 408 g/mol. The Morgan fingerprint density at radius 2 is 1.48 bits per heavy atom. The minimum atomic E-state index is -0.883. The van der Waals surface area contributed by atoms with Gasteiger partial charge in [0.25, 0.3) is 0 Å². The van der Waals surface area contributed by atoms with Crippen molar-refractivity contribution in [2.75, 3.05) is 0 Å². The van der Waals surface area contributed by atoms with Gasteiger partial charge in [-0.1, -0.05) is 54.6 Å². The highest BCUT2D eigenvalue weighted by atomic mass is 16.5. The van der Waals surface area contributed by atoms with Gasteiger partial charge < -0.3 is 9.84 Å². The molecule has 4 aliphatic rings. The maximum atomic E-state index is 11.9. The summed E-state index contributed by atoms with van der Waals surface area (Å²) in [5.41, 5.74) is 4.74. The first kappa shape index (κ1) is 20.5. The Kier molecular flexibility index (Phi) is 5.01. The summed E-state index contributed by atoms with van der Waals surface area (Å²) in [5.74, 6) is 2.57. The van der Waals surface area contributed by atoms with E-state index in [1.807, 2.05) is 36.4 Å². The molecule has 0 amide bonds. The fourth-order valence-electron chi connectivity index (χ4n) is 7.33.